The van der Waals surface area contributed by atoms with E-state index in [1.165, 1.54) is 22.6 Å². The number of anilines is 1. The van der Waals surface area contributed by atoms with E-state index in [0.717, 1.165) is 45.0 Å². The Morgan fingerprint density at radius 1 is 1.03 bits per heavy atom. The second-order valence-corrected chi connectivity index (χ2v) is 7.88. The van der Waals surface area contributed by atoms with E-state index in [2.05, 4.69) is 37.3 Å². The van der Waals surface area contributed by atoms with Gasteiger partial charge in [0.2, 0.25) is 0 Å². The molecule has 3 aromatic rings. The maximum Gasteiger partial charge on any atom is 0.417 e. The summed E-state index contributed by atoms with van der Waals surface area (Å²) >= 11 is 0. The molecule has 2 aromatic heterocycles. The van der Waals surface area contributed by atoms with Crippen molar-refractivity contribution in [2.24, 2.45) is 0 Å². The molecule has 1 aliphatic rings. The van der Waals surface area contributed by atoms with Gasteiger partial charge in [-0.2, -0.15) is 18.3 Å². The number of hydrogen-bond acceptors (Lipinski definition) is 5. The van der Waals surface area contributed by atoms with Gasteiger partial charge in [-0.1, -0.05) is 18.2 Å². The Bertz CT molecular complexity index is 1070. The molecular weight excluding hydrogens is 433 g/mol. The largest absolute Gasteiger partial charge is 0.417 e. The number of nitrogens with one attached hydrogen (secondary N) is 1. The topological polar surface area (TPSA) is 66.3 Å². The molecule has 1 saturated heterocycles. The molecule has 1 aliphatic heterocycles. The summed E-state index contributed by atoms with van der Waals surface area (Å²) in [5.74, 6) is -0.0515. The molecule has 0 aliphatic carbocycles. The molecule has 1 N–H and O–H groups in total. The lowest BCUT2D eigenvalue weighted by atomic mass is 10.2. The molecular formula is C23H25F3N6O. The van der Waals surface area contributed by atoms with Crippen molar-refractivity contribution in [3.8, 4) is 5.82 Å². The third kappa shape index (κ3) is 5.33. The van der Waals surface area contributed by atoms with Crippen molar-refractivity contribution < 1.29 is 18.0 Å². The molecule has 0 saturated carbocycles. The van der Waals surface area contributed by atoms with Gasteiger partial charge in [-0.3, -0.25) is 9.69 Å². The number of rotatable bonds is 6. The molecule has 0 bridgehead atoms. The Morgan fingerprint density at radius 2 is 1.76 bits per heavy atom. The molecule has 7 nitrogen and oxygen atoms in total. The van der Waals surface area contributed by atoms with Crippen LogP contribution in [0, 0.1) is 6.92 Å². The van der Waals surface area contributed by atoms with Crippen molar-refractivity contribution in [2.45, 2.75) is 13.1 Å². The summed E-state index contributed by atoms with van der Waals surface area (Å²) in [5, 5.41) is 7.04. The highest BCUT2D eigenvalue weighted by Crippen LogP contribution is 2.28. The number of para-hydroxylation sites is 1. The van der Waals surface area contributed by atoms with Crippen molar-refractivity contribution in [3.05, 3.63) is 71.7 Å². The first-order valence-electron chi connectivity index (χ1n) is 10.7. The first-order chi connectivity index (χ1) is 15.8. The quantitative estimate of drug-likeness (QED) is 0.615. The predicted octanol–water partition coefficient (Wildman–Crippen LogP) is 3.15. The fourth-order valence-corrected chi connectivity index (χ4v) is 3.83. The van der Waals surface area contributed by atoms with Crippen LogP contribution in [-0.2, 0) is 6.18 Å². The Labute approximate surface area is 189 Å². The van der Waals surface area contributed by atoms with Crippen LogP contribution in [0.2, 0.25) is 0 Å². The standard InChI is InChI=1S/C23H25F3N6O/c1-17-20(16-29-32(17)21-8-7-18(15-28-21)23(24,25)26)22(33)27-9-10-30-11-13-31(14-12-30)19-5-3-2-4-6-19/h2-8,15-16H,9-14H2,1H3,(H,27,33). The van der Waals surface area contributed by atoms with Crippen molar-refractivity contribution in [1.82, 2.24) is 25.0 Å². The number of hydrogen-bond donors (Lipinski definition) is 1. The normalized spacial score (nSPS) is 15.0. The number of aromatic nitrogens is 3. The molecule has 1 fully saturated rings. The minimum atomic E-state index is -4.45. The van der Waals surface area contributed by atoms with Crippen LogP contribution in [0.15, 0.2) is 54.9 Å². The van der Waals surface area contributed by atoms with E-state index in [4.69, 9.17) is 0 Å². The average Bonchev–Trinajstić information content (AvgIpc) is 3.21. The molecule has 0 spiro atoms. The number of pyridine rings is 1. The van der Waals surface area contributed by atoms with E-state index in [1.807, 2.05) is 18.2 Å². The van der Waals surface area contributed by atoms with Crippen molar-refractivity contribution in [2.75, 3.05) is 44.2 Å². The van der Waals surface area contributed by atoms with Crippen molar-refractivity contribution >= 4 is 11.6 Å². The van der Waals surface area contributed by atoms with Gasteiger partial charge in [0, 0.05) is 51.2 Å². The number of alkyl halides is 3. The second kappa shape index (κ2) is 9.62. The second-order valence-electron chi connectivity index (χ2n) is 7.88. The van der Waals surface area contributed by atoms with Crippen LogP contribution in [0.3, 0.4) is 0 Å². The fraction of sp³-hybridized carbons (Fsp3) is 0.348. The van der Waals surface area contributed by atoms with E-state index in [1.54, 1.807) is 6.92 Å². The van der Waals surface area contributed by atoms with Crippen molar-refractivity contribution in [3.63, 3.8) is 0 Å². The molecule has 0 unspecified atom stereocenters. The average molecular weight is 458 g/mol. The van der Waals surface area contributed by atoms with Crippen LogP contribution in [0.4, 0.5) is 18.9 Å². The Kier molecular flexibility index (Phi) is 6.64. The van der Waals surface area contributed by atoms with E-state index in [0.29, 0.717) is 17.8 Å². The maximum atomic E-state index is 12.7. The first-order valence-corrected chi connectivity index (χ1v) is 10.7. The van der Waals surface area contributed by atoms with Crippen LogP contribution in [0.5, 0.6) is 0 Å². The number of carbonyl (C=O) groups excluding carboxylic acids is 1. The number of carbonyl (C=O) groups is 1. The molecule has 0 atom stereocenters. The molecule has 174 valence electrons. The minimum Gasteiger partial charge on any atom is -0.369 e. The molecule has 3 heterocycles. The van der Waals surface area contributed by atoms with E-state index >= 15 is 0 Å². The van der Waals surface area contributed by atoms with Gasteiger partial charge in [0.15, 0.2) is 5.82 Å². The predicted molar refractivity (Wildman–Crippen MR) is 119 cm³/mol. The lowest BCUT2D eigenvalue weighted by Gasteiger charge is -2.36. The first kappa shape index (κ1) is 22.8. The summed E-state index contributed by atoms with van der Waals surface area (Å²) in [6, 6.07) is 12.5. The Morgan fingerprint density at radius 3 is 2.39 bits per heavy atom. The Balaban J connectivity index is 1.28. The SMILES string of the molecule is Cc1c(C(=O)NCCN2CCN(c3ccccc3)CC2)cnn1-c1ccc(C(F)(F)F)cn1. The fourth-order valence-electron chi connectivity index (χ4n) is 3.83. The zero-order valence-electron chi connectivity index (χ0n) is 18.2. The monoisotopic (exact) mass is 458 g/mol. The molecule has 0 radical (unpaired) electrons. The summed E-state index contributed by atoms with van der Waals surface area (Å²) in [7, 11) is 0. The lowest BCUT2D eigenvalue weighted by Crippen LogP contribution is -2.48. The lowest BCUT2D eigenvalue weighted by molar-refractivity contribution is -0.137. The van der Waals surface area contributed by atoms with E-state index < -0.39 is 11.7 Å². The van der Waals surface area contributed by atoms with Gasteiger partial charge in [0.05, 0.1) is 23.0 Å². The van der Waals surface area contributed by atoms with Gasteiger partial charge in [0.25, 0.3) is 5.91 Å². The summed E-state index contributed by atoms with van der Waals surface area (Å²) in [6.07, 6.45) is -2.29. The Hall–Kier alpha value is -3.40. The summed E-state index contributed by atoms with van der Waals surface area (Å²) in [4.78, 5) is 21.1. The number of benzene rings is 1. The van der Waals surface area contributed by atoms with Crippen LogP contribution < -0.4 is 10.2 Å². The van der Waals surface area contributed by atoms with E-state index in [9.17, 15) is 18.0 Å². The van der Waals surface area contributed by atoms with Crippen LogP contribution >= 0.6 is 0 Å². The summed E-state index contributed by atoms with van der Waals surface area (Å²) in [5.41, 5.74) is 1.26. The van der Waals surface area contributed by atoms with Gasteiger partial charge >= 0.3 is 6.18 Å². The molecule has 33 heavy (non-hydrogen) atoms. The van der Waals surface area contributed by atoms with E-state index in [-0.39, 0.29) is 11.7 Å². The third-order valence-electron chi connectivity index (χ3n) is 5.75. The minimum absolute atomic E-state index is 0.218. The summed E-state index contributed by atoms with van der Waals surface area (Å²) < 4.78 is 39.6. The van der Waals surface area contributed by atoms with Crippen molar-refractivity contribution in [1.29, 1.82) is 0 Å². The summed E-state index contributed by atoms with van der Waals surface area (Å²) in [6.45, 7) is 6.62. The zero-order chi connectivity index (χ0) is 23.4. The molecule has 1 amide bonds. The number of halogens is 3. The van der Waals surface area contributed by atoms with Gasteiger partial charge in [-0.05, 0) is 31.2 Å². The maximum absolute atomic E-state index is 12.7. The molecule has 10 heteroatoms. The zero-order valence-corrected chi connectivity index (χ0v) is 18.2. The number of piperazine rings is 1. The highest BCUT2D eigenvalue weighted by atomic mass is 19.4. The van der Waals surface area contributed by atoms with Gasteiger partial charge in [-0.25, -0.2) is 9.67 Å². The third-order valence-corrected chi connectivity index (χ3v) is 5.75. The number of nitrogens with zero attached hydrogens (tertiary/aromatic N) is 5. The highest BCUT2D eigenvalue weighted by molar-refractivity contribution is 5.95. The van der Waals surface area contributed by atoms with Crippen LogP contribution in [0.1, 0.15) is 21.6 Å². The van der Waals surface area contributed by atoms with Crippen LogP contribution in [0.25, 0.3) is 5.82 Å². The highest BCUT2D eigenvalue weighted by Gasteiger charge is 2.31. The van der Waals surface area contributed by atoms with Gasteiger partial charge in [-0.15, -0.1) is 0 Å². The molecule has 1 aromatic carbocycles. The van der Waals surface area contributed by atoms with Gasteiger partial charge in [0.1, 0.15) is 0 Å². The molecule has 4 rings (SSSR count). The number of amides is 1. The van der Waals surface area contributed by atoms with Crippen LogP contribution in [-0.4, -0.2) is 64.8 Å². The van der Waals surface area contributed by atoms with Gasteiger partial charge < -0.3 is 10.2 Å². The smallest absolute Gasteiger partial charge is 0.369 e.